The number of hydrogen-bond acceptors (Lipinski definition) is 7. The van der Waals surface area contributed by atoms with E-state index >= 15 is 0 Å². The van der Waals surface area contributed by atoms with Gasteiger partial charge in [0.1, 0.15) is 4.83 Å². The normalized spacial score (nSPS) is 21.1. The van der Waals surface area contributed by atoms with Gasteiger partial charge in [0.15, 0.2) is 11.0 Å². The summed E-state index contributed by atoms with van der Waals surface area (Å²) >= 11 is 3.38. The number of hydrogen-bond donors (Lipinski definition) is 2. The maximum Gasteiger partial charge on any atom is 0.190 e. The minimum Gasteiger partial charge on any atom is -0.369 e. The number of nitrogen functional groups attached to an aromatic ring is 1. The third-order valence-corrected chi connectivity index (χ3v) is 6.29. The molecule has 0 fully saturated rings. The lowest BCUT2D eigenvalue weighted by molar-refractivity contribution is -0.0542. The Labute approximate surface area is 139 Å². The molecule has 2 aromatic rings. The summed E-state index contributed by atoms with van der Waals surface area (Å²) in [5.41, 5.74) is 3.96. The Hall–Kier alpha value is -0.890. The van der Waals surface area contributed by atoms with E-state index in [1.807, 2.05) is 0 Å². The van der Waals surface area contributed by atoms with Crippen molar-refractivity contribution in [3.05, 3.63) is 10.4 Å². The van der Waals surface area contributed by atoms with Crippen LogP contribution < -0.4 is 11.3 Å². The summed E-state index contributed by atoms with van der Waals surface area (Å²) in [5, 5.41) is 1.87. The van der Waals surface area contributed by atoms with Gasteiger partial charge in [-0.05, 0) is 25.3 Å². The summed E-state index contributed by atoms with van der Waals surface area (Å²) in [5.74, 6) is 7.48. The quantitative estimate of drug-likeness (QED) is 0.375. The highest BCUT2D eigenvalue weighted by molar-refractivity contribution is 7.99. The molecule has 1 atom stereocenters. The van der Waals surface area contributed by atoms with Gasteiger partial charge >= 0.3 is 0 Å². The van der Waals surface area contributed by atoms with Crippen LogP contribution in [0.15, 0.2) is 5.16 Å². The Balaban J connectivity index is 2.09. The number of thiophene rings is 1. The van der Waals surface area contributed by atoms with E-state index in [2.05, 4.69) is 31.2 Å². The lowest BCUT2D eigenvalue weighted by Crippen LogP contribution is -2.34. The Bertz CT molecular complexity index is 688. The van der Waals surface area contributed by atoms with E-state index in [0.29, 0.717) is 6.61 Å². The molecule has 0 radical (unpaired) electrons. The van der Waals surface area contributed by atoms with Crippen LogP contribution in [-0.2, 0) is 17.8 Å². The number of rotatable bonds is 5. The molecule has 1 aliphatic rings. The Morgan fingerprint density at radius 3 is 2.91 bits per heavy atom. The maximum atomic E-state index is 6.04. The Kier molecular flexibility index (Phi) is 4.59. The monoisotopic (exact) mass is 338 g/mol. The molecule has 22 heavy (non-hydrogen) atoms. The van der Waals surface area contributed by atoms with Crippen LogP contribution in [0.2, 0.25) is 0 Å². The molecule has 0 spiro atoms. The first-order valence-corrected chi connectivity index (χ1v) is 9.46. The van der Waals surface area contributed by atoms with Crippen molar-refractivity contribution in [2.75, 3.05) is 11.2 Å². The zero-order valence-electron chi connectivity index (χ0n) is 13.2. The summed E-state index contributed by atoms with van der Waals surface area (Å²) in [7, 11) is 0. The van der Waals surface area contributed by atoms with E-state index < -0.39 is 0 Å². The van der Waals surface area contributed by atoms with E-state index in [1.54, 1.807) is 23.1 Å². The molecular formula is C15H22N4OS2. The van der Waals surface area contributed by atoms with Crippen molar-refractivity contribution >= 4 is 39.1 Å². The van der Waals surface area contributed by atoms with Gasteiger partial charge in [-0.2, -0.15) is 0 Å². The van der Waals surface area contributed by atoms with Crippen LogP contribution >= 0.6 is 23.1 Å². The van der Waals surface area contributed by atoms with Gasteiger partial charge in [0.05, 0.1) is 17.6 Å². The summed E-state index contributed by atoms with van der Waals surface area (Å²) in [4.78, 5) is 11.6. The fraction of sp³-hybridized carbons (Fsp3) is 0.600. The second kappa shape index (κ2) is 6.31. The summed E-state index contributed by atoms with van der Waals surface area (Å²) in [6, 6.07) is 0. The number of nitrogens with one attached hydrogen (secondary N) is 1. The number of fused-ring (bicyclic) bond motifs is 3. The SMILES string of the molecule is CCCSc1nc(NN)c2c3c(sc2n1)COC(C)(CC)C3. The fourth-order valence-electron chi connectivity index (χ4n) is 2.64. The molecule has 0 aromatic carbocycles. The molecule has 3 N–H and O–H groups in total. The summed E-state index contributed by atoms with van der Waals surface area (Å²) in [6.07, 6.45) is 2.97. The van der Waals surface area contributed by atoms with Gasteiger partial charge in [-0.1, -0.05) is 25.6 Å². The number of aromatic nitrogens is 2. The minimum absolute atomic E-state index is 0.109. The molecule has 1 aliphatic heterocycles. The molecule has 0 saturated heterocycles. The number of anilines is 1. The van der Waals surface area contributed by atoms with E-state index in [0.717, 1.165) is 46.2 Å². The van der Waals surface area contributed by atoms with Crippen LogP contribution in [0.3, 0.4) is 0 Å². The van der Waals surface area contributed by atoms with Crippen molar-refractivity contribution in [2.45, 2.75) is 57.4 Å². The number of nitrogens with zero attached hydrogens (tertiary/aromatic N) is 2. The van der Waals surface area contributed by atoms with Crippen molar-refractivity contribution in [1.29, 1.82) is 0 Å². The highest BCUT2D eigenvalue weighted by atomic mass is 32.2. The predicted molar refractivity (Wildman–Crippen MR) is 93.4 cm³/mol. The molecule has 1 unspecified atom stereocenters. The van der Waals surface area contributed by atoms with Crippen LogP contribution in [0.5, 0.6) is 0 Å². The average Bonchev–Trinajstić information content (AvgIpc) is 2.89. The number of nitrogens with two attached hydrogens (primary N) is 1. The lowest BCUT2D eigenvalue weighted by atomic mass is 9.90. The third kappa shape index (κ3) is 2.82. The van der Waals surface area contributed by atoms with Crippen LogP contribution in [0.4, 0.5) is 5.82 Å². The Morgan fingerprint density at radius 2 is 2.23 bits per heavy atom. The summed E-state index contributed by atoms with van der Waals surface area (Å²) < 4.78 is 6.04. The standard InChI is InChI=1S/C15H22N4OS2/c1-4-6-21-14-17-12(19-16)11-9-7-15(3,5-2)20-8-10(9)22-13(11)18-14/h4-8,16H2,1-3H3,(H,17,18,19). The predicted octanol–water partition coefficient (Wildman–Crippen LogP) is 3.72. The second-order valence-corrected chi connectivity index (χ2v) is 7.95. The topological polar surface area (TPSA) is 73.1 Å². The van der Waals surface area contributed by atoms with E-state index in [1.165, 1.54) is 10.4 Å². The molecule has 3 rings (SSSR count). The largest absolute Gasteiger partial charge is 0.369 e. The van der Waals surface area contributed by atoms with Gasteiger partial charge in [0.2, 0.25) is 0 Å². The molecule has 0 bridgehead atoms. The molecule has 7 heteroatoms. The van der Waals surface area contributed by atoms with Crippen molar-refractivity contribution in [3.8, 4) is 0 Å². The van der Waals surface area contributed by atoms with Crippen molar-refractivity contribution < 1.29 is 4.74 Å². The van der Waals surface area contributed by atoms with E-state index in [4.69, 9.17) is 15.6 Å². The maximum absolute atomic E-state index is 6.04. The first kappa shape index (κ1) is 16.0. The van der Waals surface area contributed by atoms with Crippen LogP contribution in [-0.4, -0.2) is 21.3 Å². The molecule has 3 heterocycles. The van der Waals surface area contributed by atoms with Gasteiger partial charge in [-0.3, -0.25) is 0 Å². The van der Waals surface area contributed by atoms with Crippen molar-refractivity contribution in [2.24, 2.45) is 5.84 Å². The van der Waals surface area contributed by atoms with Gasteiger partial charge in [-0.25, -0.2) is 15.8 Å². The minimum atomic E-state index is -0.109. The molecule has 5 nitrogen and oxygen atoms in total. The fourth-order valence-corrected chi connectivity index (χ4v) is 4.50. The Morgan fingerprint density at radius 1 is 1.41 bits per heavy atom. The van der Waals surface area contributed by atoms with E-state index in [-0.39, 0.29) is 5.60 Å². The molecule has 2 aromatic heterocycles. The van der Waals surface area contributed by atoms with E-state index in [9.17, 15) is 0 Å². The third-order valence-electron chi connectivity index (χ3n) is 4.14. The smallest absolute Gasteiger partial charge is 0.190 e. The average molecular weight is 339 g/mol. The van der Waals surface area contributed by atoms with Crippen LogP contribution in [0.25, 0.3) is 10.2 Å². The molecule has 0 amide bonds. The first-order valence-electron chi connectivity index (χ1n) is 7.66. The second-order valence-electron chi connectivity index (χ2n) is 5.80. The molecule has 0 saturated carbocycles. The number of ether oxygens (including phenoxy) is 1. The zero-order valence-corrected chi connectivity index (χ0v) is 14.9. The number of hydrazine groups is 1. The number of thioether (sulfide) groups is 1. The van der Waals surface area contributed by atoms with Gasteiger partial charge < -0.3 is 10.2 Å². The summed E-state index contributed by atoms with van der Waals surface area (Å²) in [6.45, 7) is 7.14. The molecule has 120 valence electrons. The highest BCUT2D eigenvalue weighted by Crippen LogP contribution is 2.42. The van der Waals surface area contributed by atoms with Crippen molar-refractivity contribution in [1.82, 2.24) is 9.97 Å². The van der Waals surface area contributed by atoms with Gasteiger partial charge in [0.25, 0.3) is 0 Å². The highest BCUT2D eigenvalue weighted by Gasteiger charge is 2.33. The lowest BCUT2D eigenvalue weighted by Gasteiger charge is -2.33. The first-order chi connectivity index (χ1) is 10.6. The molecule has 0 aliphatic carbocycles. The van der Waals surface area contributed by atoms with Gasteiger partial charge in [-0.15, -0.1) is 11.3 Å². The van der Waals surface area contributed by atoms with Gasteiger partial charge in [0, 0.05) is 17.1 Å². The van der Waals surface area contributed by atoms with Crippen LogP contribution in [0, 0.1) is 0 Å². The van der Waals surface area contributed by atoms with Crippen molar-refractivity contribution in [3.63, 3.8) is 0 Å². The zero-order chi connectivity index (χ0) is 15.7. The van der Waals surface area contributed by atoms with Crippen LogP contribution in [0.1, 0.15) is 44.1 Å². The molecular weight excluding hydrogens is 316 g/mol.